The third-order valence-electron chi connectivity index (χ3n) is 3.22. The minimum absolute atomic E-state index is 0.109. The van der Waals surface area contributed by atoms with Crippen LogP contribution in [0.4, 0.5) is 0 Å². The summed E-state index contributed by atoms with van der Waals surface area (Å²) in [6, 6.07) is 12.4. The van der Waals surface area contributed by atoms with Crippen LogP contribution in [0.25, 0.3) is 0 Å². The van der Waals surface area contributed by atoms with Gasteiger partial charge in [0.1, 0.15) is 11.5 Å². The van der Waals surface area contributed by atoms with Crippen LogP contribution in [0.15, 0.2) is 47.6 Å². The lowest BCUT2D eigenvalue weighted by molar-refractivity contribution is -0.120. The van der Waals surface area contributed by atoms with Crippen molar-refractivity contribution in [2.24, 2.45) is 5.10 Å². The van der Waals surface area contributed by atoms with Gasteiger partial charge in [-0.2, -0.15) is 5.10 Å². The first-order chi connectivity index (χ1) is 10.6. The molecule has 0 bridgehead atoms. The molecular weight excluding hydrogens is 280 g/mol. The summed E-state index contributed by atoms with van der Waals surface area (Å²) in [6.45, 7) is 1.97. The van der Waals surface area contributed by atoms with Gasteiger partial charge in [0.2, 0.25) is 5.91 Å². The van der Waals surface area contributed by atoms with Gasteiger partial charge in [-0.15, -0.1) is 0 Å². The van der Waals surface area contributed by atoms with E-state index in [-0.39, 0.29) is 18.1 Å². The number of benzene rings is 2. The number of hydrogen-bond donors (Lipinski definition) is 2. The van der Waals surface area contributed by atoms with Crippen LogP contribution >= 0.6 is 0 Å². The largest absolute Gasteiger partial charge is 0.508 e. The highest BCUT2D eigenvalue weighted by Crippen LogP contribution is 2.22. The molecule has 0 spiro atoms. The lowest BCUT2D eigenvalue weighted by Crippen LogP contribution is -2.20. The molecule has 0 aliphatic carbocycles. The fraction of sp³-hybridized carbons (Fsp3) is 0.176. The molecule has 0 radical (unpaired) electrons. The molecule has 2 rings (SSSR count). The first-order valence-electron chi connectivity index (χ1n) is 6.83. The number of amides is 1. The summed E-state index contributed by atoms with van der Waals surface area (Å²) in [4.78, 5) is 11.9. The summed E-state index contributed by atoms with van der Waals surface area (Å²) >= 11 is 0. The Hall–Kier alpha value is -2.82. The maximum atomic E-state index is 11.9. The van der Waals surface area contributed by atoms with Gasteiger partial charge in [-0.25, -0.2) is 5.43 Å². The first kappa shape index (κ1) is 15.6. The fourth-order valence-corrected chi connectivity index (χ4v) is 2.00. The Labute approximate surface area is 129 Å². The number of hydrazone groups is 1. The minimum atomic E-state index is -0.191. The van der Waals surface area contributed by atoms with E-state index in [1.165, 1.54) is 25.5 Å². The molecule has 5 nitrogen and oxygen atoms in total. The van der Waals surface area contributed by atoms with E-state index in [4.69, 9.17) is 4.74 Å². The Kier molecular flexibility index (Phi) is 5.14. The number of aromatic hydroxyl groups is 1. The van der Waals surface area contributed by atoms with Gasteiger partial charge in [-0.05, 0) is 30.2 Å². The number of phenolic OH excluding ortho intramolecular Hbond substituents is 1. The van der Waals surface area contributed by atoms with Crippen LogP contribution in [0.2, 0.25) is 0 Å². The quantitative estimate of drug-likeness (QED) is 0.658. The highest BCUT2D eigenvalue weighted by Gasteiger charge is 2.05. The zero-order chi connectivity index (χ0) is 15.9. The number of hydrogen-bond acceptors (Lipinski definition) is 4. The molecule has 0 unspecified atom stereocenters. The molecule has 114 valence electrons. The van der Waals surface area contributed by atoms with Crippen molar-refractivity contribution in [3.63, 3.8) is 0 Å². The second kappa shape index (κ2) is 7.26. The van der Waals surface area contributed by atoms with Crippen LogP contribution in [0, 0.1) is 6.92 Å². The summed E-state index contributed by atoms with van der Waals surface area (Å²) in [6.07, 6.45) is 1.75. The third kappa shape index (κ3) is 4.09. The molecule has 0 aliphatic heterocycles. The number of rotatable bonds is 5. The van der Waals surface area contributed by atoms with E-state index < -0.39 is 0 Å². The molecule has 2 aromatic rings. The molecular formula is C17H18N2O3. The molecule has 0 saturated carbocycles. The van der Waals surface area contributed by atoms with Crippen molar-refractivity contribution in [1.29, 1.82) is 0 Å². The molecule has 2 N–H and O–H groups in total. The molecule has 5 heteroatoms. The number of ether oxygens (including phenoxy) is 1. The molecule has 0 aromatic heterocycles. The number of aryl methyl sites for hydroxylation is 1. The Morgan fingerprint density at radius 1 is 1.32 bits per heavy atom. The van der Waals surface area contributed by atoms with Gasteiger partial charge in [0.15, 0.2) is 0 Å². The summed E-state index contributed by atoms with van der Waals surface area (Å²) in [7, 11) is 1.50. The normalized spacial score (nSPS) is 10.6. The smallest absolute Gasteiger partial charge is 0.244 e. The Balaban J connectivity index is 1.98. The van der Waals surface area contributed by atoms with Crippen LogP contribution in [-0.2, 0) is 11.2 Å². The van der Waals surface area contributed by atoms with Crippen LogP contribution < -0.4 is 10.2 Å². The number of carbonyl (C=O) groups is 1. The highest BCUT2D eigenvalue weighted by molar-refractivity contribution is 5.86. The highest BCUT2D eigenvalue weighted by atomic mass is 16.5. The summed E-state index contributed by atoms with van der Waals surface area (Å²) < 4.78 is 5.13. The average Bonchev–Trinajstić information content (AvgIpc) is 2.51. The standard InChI is InChI=1S/C17H18N2O3/c1-12-5-3-4-6-13(12)9-17(21)19-18-11-14-7-8-15(20)10-16(14)22-2/h3-8,10-11,20H,9H2,1-2H3,(H,19,21)/b18-11+. The first-order valence-corrected chi connectivity index (χ1v) is 6.83. The van der Waals surface area contributed by atoms with Crippen molar-refractivity contribution >= 4 is 12.1 Å². The number of nitrogens with one attached hydrogen (secondary N) is 1. The van der Waals surface area contributed by atoms with E-state index in [1.54, 1.807) is 6.07 Å². The van der Waals surface area contributed by atoms with Gasteiger partial charge >= 0.3 is 0 Å². The second-order valence-electron chi connectivity index (χ2n) is 4.82. The van der Waals surface area contributed by atoms with E-state index in [2.05, 4.69) is 10.5 Å². The van der Waals surface area contributed by atoms with Crippen LogP contribution in [0.1, 0.15) is 16.7 Å². The van der Waals surface area contributed by atoms with Crippen molar-refractivity contribution in [1.82, 2.24) is 5.43 Å². The molecule has 22 heavy (non-hydrogen) atoms. The van der Waals surface area contributed by atoms with Gasteiger partial charge in [0, 0.05) is 11.6 Å². The summed E-state index contributed by atoms with van der Waals surface area (Å²) in [5, 5.41) is 13.3. The molecule has 0 atom stereocenters. The second-order valence-corrected chi connectivity index (χ2v) is 4.82. The van der Waals surface area contributed by atoms with Crippen molar-refractivity contribution < 1.29 is 14.6 Å². The lowest BCUT2D eigenvalue weighted by atomic mass is 10.1. The van der Waals surface area contributed by atoms with E-state index >= 15 is 0 Å². The zero-order valence-corrected chi connectivity index (χ0v) is 12.5. The SMILES string of the molecule is COc1cc(O)ccc1/C=N/NC(=O)Cc1ccccc1C. The number of nitrogens with zero attached hydrogens (tertiary/aromatic N) is 1. The molecule has 0 fully saturated rings. The Morgan fingerprint density at radius 2 is 2.09 bits per heavy atom. The van der Waals surface area contributed by atoms with Gasteiger partial charge in [0.05, 0.1) is 19.7 Å². The van der Waals surface area contributed by atoms with Crippen molar-refractivity contribution in [2.75, 3.05) is 7.11 Å². The predicted molar refractivity (Wildman–Crippen MR) is 85.3 cm³/mol. The predicted octanol–water partition coefficient (Wildman–Crippen LogP) is 2.40. The maximum absolute atomic E-state index is 11.9. The molecule has 2 aromatic carbocycles. The van der Waals surface area contributed by atoms with Gasteiger partial charge in [-0.1, -0.05) is 24.3 Å². The molecule has 0 aliphatic rings. The van der Waals surface area contributed by atoms with Gasteiger partial charge in [-0.3, -0.25) is 4.79 Å². The van der Waals surface area contributed by atoms with Crippen LogP contribution in [0.5, 0.6) is 11.5 Å². The molecule has 1 amide bonds. The van der Waals surface area contributed by atoms with Gasteiger partial charge in [0.25, 0.3) is 0 Å². The number of methoxy groups -OCH3 is 1. The minimum Gasteiger partial charge on any atom is -0.508 e. The average molecular weight is 298 g/mol. The van der Waals surface area contributed by atoms with E-state index in [0.29, 0.717) is 11.3 Å². The number of phenols is 1. The lowest BCUT2D eigenvalue weighted by Gasteiger charge is -2.05. The third-order valence-corrected chi connectivity index (χ3v) is 3.22. The van der Waals surface area contributed by atoms with Crippen LogP contribution in [-0.4, -0.2) is 24.3 Å². The molecule has 0 heterocycles. The van der Waals surface area contributed by atoms with Crippen molar-refractivity contribution in [3.8, 4) is 11.5 Å². The van der Waals surface area contributed by atoms with E-state index in [1.807, 2.05) is 31.2 Å². The van der Waals surface area contributed by atoms with Gasteiger partial charge < -0.3 is 9.84 Å². The Morgan fingerprint density at radius 3 is 2.82 bits per heavy atom. The topological polar surface area (TPSA) is 70.9 Å². The maximum Gasteiger partial charge on any atom is 0.244 e. The van der Waals surface area contributed by atoms with E-state index in [9.17, 15) is 9.90 Å². The van der Waals surface area contributed by atoms with Crippen LogP contribution in [0.3, 0.4) is 0 Å². The Bertz CT molecular complexity index is 696. The zero-order valence-electron chi connectivity index (χ0n) is 12.5. The van der Waals surface area contributed by atoms with Crippen molar-refractivity contribution in [2.45, 2.75) is 13.3 Å². The monoisotopic (exact) mass is 298 g/mol. The summed E-state index contributed by atoms with van der Waals surface area (Å²) in [5.74, 6) is 0.401. The summed E-state index contributed by atoms with van der Waals surface area (Å²) in [5.41, 5.74) is 5.19. The molecule has 0 saturated heterocycles. The number of carbonyl (C=O) groups excluding carboxylic acids is 1. The van der Waals surface area contributed by atoms with Crippen molar-refractivity contribution in [3.05, 3.63) is 59.2 Å². The van der Waals surface area contributed by atoms with E-state index in [0.717, 1.165) is 11.1 Å². The fourth-order valence-electron chi connectivity index (χ4n) is 2.00.